The number of aliphatic hydroxyl groups is 2. The molecule has 0 radical (unpaired) electrons. The van der Waals surface area contributed by atoms with Crippen molar-refractivity contribution >= 4 is 34.7 Å². The van der Waals surface area contributed by atoms with Gasteiger partial charge in [-0.2, -0.15) is 9.37 Å². The summed E-state index contributed by atoms with van der Waals surface area (Å²) in [7, 11) is 0. The molecule has 0 aliphatic carbocycles. The molecule has 35 heavy (non-hydrogen) atoms. The Morgan fingerprint density at radius 1 is 1.17 bits per heavy atom. The van der Waals surface area contributed by atoms with Crippen molar-refractivity contribution in [1.82, 2.24) is 4.98 Å². The molecular formula is C23H22Cl2FN3O6. The number of benzene rings is 2. The van der Waals surface area contributed by atoms with Crippen molar-refractivity contribution in [3.8, 4) is 17.2 Å². The average molecular weight is 526 g/mol. The van der Waals surface area contributed by atoms with Crippen LogP contribution in [0.4, 0.5) is 15.9 Å². The zero-order valence-electron chi connectivity index (χ0n) is 18.6. The lowest BCUT2D eigenvalue weighted by atomic mass is 10.0. The Hall–Kier alpha value is -3.18. The molecule has 12 heteroatoms. The summed E-state index contributed by atoms with van der Waals surface area (Å²) in [6.07, 6.45) is -1.35. The van der Waals surface area contributed by atoms with Crippen LogP contribution in [-0.2, 0) is 0 Å². The molecule has 0 saturated carbocycles. The van der Waals surface area contributed by atoms with E-state index in [4.69, 9.17) is 27.9 Å². The van der Waals surface area contributed by atoms with Crippen molar-refractivity contribution in [3.05, 3.63) is 79.7 Å². The van der Waals surface area contributed by atoms with Gasteiger partial charge in [0, 0.05) is 17.7 Å². The number of hydrogen-bond donors (Lipinski definition) is 4. The maximum atomic E-state index is 14.5. The van der Waals surface area contributed by atoms with Crippen LogP contribution in [0.3, 0.4) is 0 Å². The Morgan fingerprint density at radius 2 is 1.83 bits per heavy atom. The van der Waals surface area contributed by atoms with Crippen molar-refractivity contribution in [3.63, 3.8) is 0 Å². The van der Waals surface area contributed by atoms with Gasteiger partial charge in [-0.3, -0.25) is 10.1 Å². The number of hydrogen-bond acceptors (Lipinski definition) is 8. The lowest BCUT2D eigenvalue weighted by Crippen LogP contribution is -2.32. The van der Waals surface area contributed by atoms with E-state index in [-0.39, 0.29) is 45.3 Å². The van der Waals surface area contributed by atoms with Gasteiger partial charge < -0.3 is 25.4 Å². The highest BCUT2D eigenvalue weighted by atomic mass is 35.5. The number of anilines is 1. The van der Waals surface area contributed by atoms with Crippen molar-refractivity contribution in [1.29, 1.82) is 0 Å². The zero-order chi connectivity index (χ0) is 25.9. The molecule has 0 amide bonds. The number of non-ortho nitro benzene ring substituents is 1. The van der Waals surface area contributed by atoms with E-state index >= 15 is 0 Å². The summed E-state index contributed by atoms with van der Waals surface area (Å²) in [4.78, 5) is 13.9. The number of aromatic hydroxyl groups is 1. The van der Waals surface area contributed by atoms with Crippen LogP contribution in [0, 0.1) is 16.1 Å². The highest BCUT2D eigenvalue weighted by Gasteiger charge is 2.26. The lowest BCUT2D eigenvalue weighted by Gasteiger charge is -2.24. The average Bonchev–Trinajstić information content (AvgIpc) is 2.83. The number of phenols is 1. The van der Waals surface area contributed by atoms with Gasteiger partial charge in [-0.25, -0.2) is 0 Å². The number of phenolic OH excluding ortho intramolecular Hbond substituents is 1. The standard InChI is InChI=1S/C23H22Cl2FN3O6/c1-11(2)15-9-14(7-8-17(15)31)35-21-18(24)22(26)28-23(19(21)25)27-16(10-30)20(32)12-3-5-13(6-4-12)29(33)34/h3-9,11,16,20,30-32H,10H2,1-2H3,(H,27,28)/t16-,20?/m1/s1. The fraction of sp³-hybridized carbons (Fsp3) is 0.261. The third kappa shape index (κ3) is 5.91. The van der Waals surface area contributed by atoms with Crippen molar-refractivity contribution < 1.29 is 29.4 Å². The summed E-state index contributed by atoms with van der Waals surface area (Å²) in [6.45, 7) is 3.13. The molecule has 0 aliphatic rings. The molecule has 4 N–H and O–H groups in total. The van der Waals surface area contributed by atoms with E-state index in [0.717, 1.165) is 0 Å². The number of aromatic nitrogens is 1. The first-order valence-corrected chi connectivity index (χ1v) is 11.1. The Bertz CT molecular complexity index is 1230. The SMILES string of the molecule is CC(C)c1cc(Oc2c(Cl)c(F)nc(N[C@H](CO)C(O)c3ccc([N+](=O)[O-])cc3)c2Cl)ccc1O. The molecular weight excluding hydrogens is 504 g/mol. The first-order valence-electron chi connectivity index (χ1n) is 10.4. The largest absolute Gasteiger partial charge is 0.508 e. The van der Waals surface area contributed by atoms with Crippen molar-refractivity contribution in [2.45, 2.75) is 31.9 Å². The van der Waals surface area contributed by atoms with E-state index < -0.39 is 34.6 Å². The fourth-order valence-corrected chi connectivity index (χ4v) is 3.73. The van der Waals surface area contributed by atoms with E-state index in [1.165, 1.54) is 36.4 Å². The van der Waals surface area contributed by atoms with Crippen LogP contribution in [0.25, 0.3) is 0 Å². The minimum absolute atomic E-state index is 0.0258. The van der Waals surface area contributed by atoms with Crippen LogP contribution in [0.2, 0.25) is 10.0 Å². The first kappa shape index (κ1) is 26.4. The van der Waals surface area contributed by atoms with Crippen LogP contribution < -0.4 is 10.1 Å². The van der Waals surface area contributed by atoms with E-state index in [9.17, 15) is 29.8 Å². The van der Waals surface area contributed by atoms with Gasteiger partial charge in [-0.05, 0) is 41.8 Å². The maximum Gasteiger partial charge on any atom is 0.269 e. The Morgan fingerprint density at radius 3 is 2.40 bits per heavy atom. The van der Waals surface area contributed by atoms with Crippen LogP contribution in [0.15, 0.2) is 42.5 Å². The van der Waals surface area contributed by atoms with E-state index in [1.54, 1.807) is 6.07 Å². The number of nitrogens with one attached hydrogen (secondary N) is 1. The third-order valence-electron chi connectivity index (χ3n) is 5.18. The van der Waals surface area contributed by atoms with Crippen LogP contribution in [0.5, 0.6) is 17.2 Å². The van der Waals surface area contributed by atoms with Gasteiger partial charge in [0.2, 0.25) is 5.95 Å². The fourth-order valence-electron chi connectivity index (χ4n) is 3.28. The Labute approximate surface area is 209 Å². The number of nitro benzene ring substituents is 1. The number of pyridine rings is 1. The molecule has 0 fully saturated rings. The smallest absolute Gasteiger partial charge is 0.269 e. The third-order valence-corrected chi connectivity index (χ3v) is 5.86. The van der Waals surface area contributed by atoms with Crippen LogP contribution in [0.1, 0.15) is 37.0 Å². The van der Waals surface area contributed by atoms with Gasteiger partial charge in [0.25, 0.3) is 5.69 Å². The molecule has 3 rings (SSSR count). The predicted molar refractivity (Wildman–Crippen MR) is 129 cm³/mol. The maximum absolute atomic E-state index is 14.5. The molecule has 0 aliphatic heterocycles. The second kappa shape index (κ2) is 11.0. The molecule has 2 atom stereocenters. The van der Waals surface area contributed by atoms with Crippen molar-refractivity contribution in [2.24, 2.45) is 0 Å². The zero-order valence-corrected chi connectivity index (χ0v) is 20.1. The van der Waals surface area contributed by atoms with Crippen LogP contribution >= 0.6 is 23.2 Å². The lowest BCUT2D eigenvalue weighted by molar-refractivity contribution is -0.384. The summed E-state index contributed by atoms with van der Waals surface area (Å²) in [5.41, 5.74) is 0.680. The monoisotopic (exact) mass is 525 g/mol. The second-order valence-corrected chi connectivity index (χ2v) is 8.67. The molecule has 0 spiro atoms. The van der Waals surface area contributed by atoms with Gasteiger partial charge in [0.15, 0.2) is 11.6 Å². The molecule has 3 aromatic rings. The number of halogens is 3. The molecule has 2 aromatic carbocycles. The van der Waals surface area contributed by atoms with E-state index in [0.29, 0.717) is 5.56 Å². The minimum atomic E-state index is -1.35. The molecule has 1 unspecified atom stereocenters. The molecule has 0 bridgehead atoms. The number of ether oxygens (including phenoxy) is 1. The van der Waals surface area contributed by atoms with E-state index in [2.05, 4.69) is 10.3 Å². The van der Waals surface area contributed by atoms with Gasteiger partial charge >= 0.3 is 0 Å². The Kier molecular flexibility index (Phi) is 8.34. The second-order valence-electron chi connectivity index (χ2n) is 7.91. The Balaban J connectivity index is 1.91. The quantitative estimate of drug-likeness (QED) is 0.162. The topological polar surface area (TPSA) is 138 Å². The van der Waals surface area contributed by atoms with Gasteiger partial charge in [0.1, 0.15) is 27.6 Å². The highest BCUT2D eigenvalue weighted by molar-refractivity contribution is 6.38. The van der Waals surface area contributed by atoms with Gasteiger partial charge in [-0.15, -0.1) is 0 Å². The molecule has 9 nitrogen and oxygen atoms in total. The molecule has 186 valence electrons. The minimum Gasteiger partial charge on any atom is -0.508 e. The highest BCUT2D eigenvalue weighted by Crippen LogP contribution is 2.42. The molecule has 0 saturated heterocycles. The number of nitro groups is 1. The predicted octanol–water partition coefficient (Wildman–Crippen LogP) is 5.56. The van der Waals surface area contributed by atoms with Gasteiger partial charge in [0.05, 0.1) is 17.6 Å². The summed E-state index contributed by atoms with van der Waals surface area (Å²) in [5.74, 6) is -1.35. The van der Waals surface area contributed by atoms with Crippen molar-refractivity contribution in [2.75, 3.05) is 11.9 Å². The molecule has 1 aromatic heterocycles. The van der Waals surface area contributed by atoms with Crippen LogP contribution in [-0.4, -0.2) is 37.9 Å². The first-order chi connectivity index (χ1) is 16.5. The normalized spacial score (nSPS) is 12.9. The number of nitrogens with zero attached hydrogens (tertiary/aromatic N) is 2. The summed E-state index contributed by atoms with van der Waals surface area (Å²) in [5, 5.41) is 43.3. The number of aliphatic hydroxyl groups excluding tert-OH is 2. The summed E-state index contributed by atoms with van der Waals surface area (Å²) >= 11 is 12.4. The summed E-state index contributed by atoms with van der Waals surface area (Å²) in [6, 6.07) is 8.39. The van der Waals surface area contributed by atoms with Gasteiger partial charge in [-0.1, -0.05) is 37.0 Å². The van der Waals surface area contributed by atoms with E-state index in [1.807, 2.05) is 13.8 Å². The molecule has 1 heterocycles. The summed E-state index contributed by atoms with van der Waals surface area (Å²) < 4.78 is 20.3. The number of rotatable bonds is 9.